The third-order valence-corrected chi connectivity index (χ3v) is 12.0. The smallest absolute Gasteiger partial charge is 0.183 e. The summed E-state index contributed by atoms with van der Waals surface area (Å²) in [5.74, 6) is 0.686. The minimum atomic E-state index is -0.569. The highest BCUT2D eigenvalue weighted by molar-refractivity contribution is 8.15. The fourth-order valence-corrected chi connectivity index (χ4v) is 8.04. The molecule has 1 aliphatic rings. The first-order valence-electron chi connectivity index (χ1n) is 23.0. The van der Waals surface area contributed by atoms with Crippen LogP contribution in [0.2, 0.25) is 0 Å². The fraction of sp³-hybridized carbons (Fsp3) is 0.596. The molecule has 3 rings (SSSR count). The second kappa shape index (κ2) is 31.8. The molecule has 0 bridgehead atoms. The number of fused-ring (bicyclic) bond motifs is 1. The second-order valence-corrected chi connectivity index (χ2v) is 17.7. The van der Waals surface area contributed by atoms with Gasteiger partial charge in [0.15, 0.2) is 17.5 Å². The first kappa shape index (κ1) is 58.0. The molecule has 4 unspecified atom stereocenters. The maximum Gasteiger partial charge on any atom is 0.183 e. The van der Waals surface area contributed by atoms with Crippen molar-refractivity contribution in [3.05, 3.63) is 81.9 Å². The lowest BCUT2D eigenvalue weighted by molar-refractivity contribution is -0.112. The van der Waals surface area contributed by atoms with Crippen molar-refractivity contribution in [2.75, 3.05) is 19.0 Å². The van der Waals surface area contributed by atoms with Crippen LogP contribution >= 0.6 is 11.8 Å². The molecule has 0 amide bonds. The van der Waals surface area contributed by atoms with Crippen molar-refractivity contribution in [1.82, 2.24) is 4.90 Å². The summed E-state index contributed by atoms with van der Waals surface area (Å²) in [6.07, 6.45) is 14.5. The molecule has 0 spiro atoms. The highest BCUT2D eigenvalue weighted by Gasteiger charge is 2.25. The summed E-state index contributed by atoms with van der Waals surface area (Å²) in [7, 11) is 1.46. The number of ketones is 1. The number of hydrogen-bond donors (Lipinski definition) is 2. The van der Waals surface area contributed by atoms with Gasteiger partial charge in [0, 0.05) is 33.9 Å². The molecular weight excluding hydrogens is 802 g/mol. The quantitative estimate of drug-likeness (QED) is 0.0737. The number of anilines is 1. The number of thioether (sulfide) groups is 1. The van der Waals surface area contributed by atoms with Crippen LogP contribution in [0.1, 0.15) is 160 Å². The molecule has 62 heavy (non-hydrogen) atoms. The molecule has 0 radical (unpaired) electrons. The van der Waals surface area contributed by atoms with Crippen molar-refractivity contribution >= 4 is 39.5 Å². The third kappa shape index (κ3) is 19.2. The first-order chi connectivity index (χ1) is 29.4. The molecular formula is C52H81F3N4O2S. The number of hydrogen-bond acceptors (Lipinski definition) is 7. The number of carbonyl (C=O) groups is 1. The largest absolute Gasteiger partial charge is 0.483 e. The average Bonchev–Trinajstić information content (AvgIpc) is 3.59. The number of nitrogens with one attached hydrogen (secondary N) is 2. The summed E-state index contributed by atoms with van der Waals surface area (Å²) in [6, 6.07) is 8.52. The van der Waals surface area contributed by atoms with E-state index in [4.69, 9.17) is 10.1 Å². The van der Waals surface area contributed by atoms with E-state index in [1.54, 1.807) is 6.07 Å². The number of alkyl halides is 1. The Bertz CT molecular complexity index is 1980. The van der Waals surface area contributed by atoms with Gasteiger partial charge in [0.1, 0.15) is 23.1 Å². The number of benzene rings is 2. The van der Waals surface area contributed by atoms with Crippen LogP contribution < -0.4 is 15.8 Å². The predicted molar refractivity (Wildman–Crippen MR) is 260 cm³/mol. The Balaban J connectivity index is 0.00000139. The van der Waals surface area contributed by atoms with Crippen LogP contribution in [0, 0.1) is 56.6 Å². The number of carbonyl (C=O) groups excluding carboxylic acids is 1. The van der Waals surface area contributed by atoms with Gasteiger partial charge >= 0.3 is 0 Å². The van der Waals surface area contributed by atoms with Crippen molar-refractivity contribution in [2.24, 2.45) is 17.8 Å². The third-order valence-electron chi connectivity index (χ3n) is 11.0. The zero-order chi connectivity index (χ0) is 47.5. The zero-order valence-electron chi connectivity index (χ0n) is 40.6. The Labute approximate surface area is 378 Å². The highest BCUT2D eigenvalue weighted by atomic mass is 32.2. The topological polar surface area (TPSA) is 89.2 Å². The Morgan fingerprint density at radius 2 is 1.53 bits per heavy atom. The maximum atomic E-state index is 16.6. The SMILES string of the molecule is C=C(Nc1c(F)/c(=c2/ccc(F)c3c2=C(C#N)C(=N)S3)cc/c1=C(/C)N(CC)C(CCC(C)CC)C(C)C)OC.C=CC(C)=O.CCC.CCCCCCCC(C)CC(F)CC. The molecule has 4 atom stereocenters. The van der Waals surface area contributed by atoms with Crippen LogP contribution in [0.4, 0.5) is 18.9 Å². The molecule has 2 aromatic rings. The number of nitriles is 1. The highest BCUT2D eigenvalue weighted by Crippen LogP contribution is 2.29. The van der Waals surface area contributed by atoms with E-state index in [2.05, 4.69) is 85.7 Å². The molecule has 348 valence electrons. The molecule has 6 nitrogen and oxygen atoms in total. The molecule has 0 saturated heterocycles. The summed E-state index contributed by atoms with van der Waals surface area (Å²) in [5.41, 5.74) is 1.16. The van der Waals surface area contributed by atoms with E-state index >= 15 is 4.39 Å². The van der Waals surface area contributed by atoms with Crippen molar-refractivity contribution < 1.29 is 22.7 Å². The van der Waals surface area contributed by atoms with Crippen LogP contribution in [0.3, 0.4) is 0 Å². The van der Waals surface area contributed by atoms with E-state index in [9.17, 15) is 18.8 Å². The minimum Gasteiger partial charge on any atom is -0.483 e. The van der Waals surface area contributed by atoms with Gasteiger partial charge in [-0.1, -0.05) is 150 Å². The van der Waals surface area contributed by atoms with Gasteiger partial charge in [0.05, 0.1) is 23.3 Å². The van der Waals surface area contributed by atoms with E-state index in [1.165, 1.54) is 77.2 Å². The number of allylic oxidation sites excluding steroid dienone is 1. The number of methoxy groups -OCH3 is 1. The van der Waals surface area contributed by atoms with Crippen molar-refractivity contribution in [3.8, 4) is 6.07 Å². The lowest BCUT2D eigenvalue weighted by atomic mass is 9.92. The van der Waals surface area contributed by atoms with Crippen molar-refractivity contribution in [3.63, 3.8) is 0 Å². The van der Waals surface area contributed by atoms with Gasteiger partial charge in [0.2, 0.25) is 0 Å². The first-order valence-corrected chi connectivity index (χ1v) is 23.8. The molecule has 2 aromatic carbocycles. The van der Waals surface area contributed by atoms with E-state index in [1.807, 2.05) is 26.0 Å². The Morgan fingerprint density at radius 3 is 2.03 bits per heavy atom. The molecule has 0 aromatic heterocycles. The van der Waals surface area contributed by atoms with Gasteiger partial charge in [-0.15, -0.1) is 0 Å². The number of ether oxygens (including phenoxy) is 1. The van der Waals surface area contributed by atoms with Crippen molar-refractivity contribution in [2.45, 2.75) is 177 Å². The average molecular weight is 883 g/mol. The molecule has 10 heteroatoms. The van der Waals surface area contributed by atoms with Gasteiger partial charge in [-0.25, -0.2) is 13.2 Å². The number of halogens is 3. The van der Waals surface area contributed by atoms with Crippen LogP contribution in [0.25, 0.3) is 11.3 Å². The van der Waals surface area contributed by atoms with E-state index < -0.39 is 17.8 Å². The Morgan fingerprint density at radius 1 is 0.935 bits per heavy atom. The number of unbranched alkanes of at least 4 members (excludes halogenated alkanes) is 4. The van der Waals surface area contributed by atoms with Crippen LogP contribution in [-0.4, -0.2) is 41.6 Å². The van der Waals surface area contributed by atoms with E-state index in [0.29, 0.717) is 34.6 Å². The van der Waals surface area contributed by atoms with E-state index in [-0.39, 0.29) is 49.3 Å². The summed E-state index contributed by atoms with van der Waals surface area (Å²) >= 11 is 0.878. The molecule has 1 aliphatic heterocycles. The van der Waals surface area contributed by atoms with Gasteiger partial charge in [-0.05, 0) is 88.1 Å². The van der Waals surface area contributed by atoms with Crippen LogP contribution in [0.15, 0.2) is 54.3 Å². The Kier molecular flexibility index (Phi) is 29.8. The van der Waals surface area contributed by atoms with E-state index in [0.717, 1.165) is 49.7 Å². The lowest BCUT2D eigenvalue weighted by Crippen LogP contribution is -2.40. The summed E-state index contributed by atoms with van der Waals surface area (Å²) in [6.45, 7) is 32.9. The standard InChI is InChI=1S/C32H40F2N4OS.C13H27F.C4H6O.C3H8/c1-9-19(5)11-16-27(18(3)4)38(10-2)20(6)22-12-13-24(29(34)30(22)37-21(7)39-8)23-14-15-26(33)31-28(23)25(17-35)32(36)40-31;1-4-6-7-8-9-10-12(3)11-13(14)5-2;1-3-4(2)5;1-3-2/h12-15,18-19,27,36-37H,7,9-11,16H2,1-6,8H3;12-13H,4-11H2,1-3H3;3H,1H2,2H3;3H2,1-2H3/b22-20+,24-23-,36-32?;;;. The van der Waals surface area contributed by atoms with Gasteiger partial charge in [-0.2, -0.15) is 5.26 Å². The predicted octanol–water partition coefficient (Wildman–Crippen LogP) is 14.1. The molecule has 0 aliphatic carbocycles. The normalized spacial score (nSPS) is 14.5. The minimum absolute atomic E-state index is 0.0185. The summed E-state index contributed by atoms with van der Waals surface area (Å²) < 4.78 is 49.5. The number of rotatable bonds is 21. The molecule has 0 saturated carbocycles. The zero-order valence-corrected chi connectivity index (χ0v) is 41.4. The van der Waals surface area contributed by atoms with Gasteiger partial charge < -0.3 is 15.0 Å². The molecule has 1 heterocycles. The Hall–Kier alpha value is -3.97. The van der Waals surface area contributed by atoms with Crippen LogP contribution in [0.5, 0.6) is 0 Å². The monoisotopic (exact) mass is 883 g/mol. The van der Waals surface area contributed by atoms with Crippen molar-refractivity contribution in [1.29, 1.82) is 10.7 Å². The second-order valence-electron chi connectivity index (χ2n) is 16.7. The summed E-state index contributed by atoms with van der Waals surface area (Å²) in [4.78, 5) is 12.2. The number of nitrogens with zero attached hydrogens (tertiary/aromatic N) is 2. The van der Waals surface area contributed by atoms with Crippen LogP contribution in [-0.2, 0) is 9.53 Å². The fourth-order valence-electron chi connectivity index (χ4n) is 7.10. The maximum absolute atomic E-state index is 16.6. The van der Waals surface area contributed by atoms with Gasteiger partial charge in [-0.3, -0.25) is 10.2 Å². The van der Waals surface area contributed by atoms with Gasteiger partial charge in [0.25, 0.3) is 0 Å². The summed E-state index contributed by atoms with van der Waals surface area (Å²) in [5, 5.41) is 22.3. The molecule has 0 fully saturated rings. The lowest BCUT2D eigenvalue weighted by Gasteiger charge is -2.37. The molecule has 2 N–H and O–H groups in total.